The van der Waals surface area contributed by atoms with Crippen LogP contribution in [0.1, 0.15) is 29.7 Å². The molecule has 0 unspecified atom stereocenters. The molecule has 2 aromatic rings. The van der Waals surface area contributed by atoms with Gasteiger partial charge in [0.25, 0.3) is 15.6 Å². The zero-order valence-electron chi connectivity index (χ0n) is 15.3. The van der Waals surface area contributed by atoms with Gasteiger partial charge in [-0.3, -0.25) is 9.59 Å². The Morgan fingerprint density at radius 2 is 2.04 bits per heavy atom. The van der Waals surface area contributed by atoms with Crippen molar-refractivity contribution in [2.24, 2.45) is 5.92 Å². The van der Waals surface area contributed by atoms with Crippen molar-refractivity contribution in [3.63, 3.8) is 0 Å². The number of rotatable bonds is 5. The van der Waals surface area contributed by atoms with Crippen LogP contribution in [0.15, 0.2) is 32.6 Å². The van der Waals surface area contributed by atoms with Gasteiger partial charge in [0.15, 0.2) is 0 Å². The monoisotopic (exact) mass is 409 g/mol. The van der Waals surface area contributed by atoms with Gasteiger partial charge in [0.2, 0.25) is 5.91 Å². The normalized spacial score (nSPS) is 16.4. The van der Waals surface area contributed by atoms with Crippen molar-refractivity contribution in [1.29, 1.82) is 0 Å². The molecule has 0 aliphatic carbocycles. The van der Waals surface area contributed by atoms with Crippen LogP contribution in [0.5, 0.6) is 0 Å². The van der Waals surface area contributed by atoms with Crippen LogP contribution in [0.25, 0.3) is 0 Å². The number of sulfonamides is 1. The summed E-state index contributed by atoms with van der Waals surface area (Å²) in [6, 6.07) is 5.18. The van der Waals surface area contributed by atoms with Crippen LogP contribution in [-0.2, 0) is 21.4 Å². The lowest BCUT2D eigenvalue weighted by Gasteiger charge is -2.30. The summed E-state index contributed by atoms with van der Waals surface area (Å²) in [6.45, 7) is 4.48. The van der Waals surface area contributed by atoms with E-state index in [2.05, 4.69) is 10.3 Å². The molecule has 0 atom stereocenters. The number of thiophene rings is 1. The lowest BCUT2D eigenvalue weighted by molar-refractivity contribution is -0.126. The Kier molecular flexibility index (Phi) is 5.83. The minimum Gasteiger partial charge on any atom is -0.352 e. The maximum Gasteiger partial charge on any atom is 0.253 e. The first-order valence-electron chi connectivity index (χ1n) is 8.80. The average Bonchev–Trinajstić information content (AvgIpc) is 3.16. The first-order chi connectivity index (χ1) is 12.8. The predicted molar refractivity (Wildman–Crippen MR) is 104 cm³/mol. The number of nitrogens with one attached hydrogen (secondary N) is 2. The molecule has 3 rings (SSSR count). The lowest BCUT2D eigenvalue weighted by atomic mass is 9.97. The van der Waals surface area contributed by atoms with Gasteiger partial charge >= 0.3 is 0 Å². The molecule has 1 aliphatic heterocycles. The van der Waals surface area contributed by atoms with Crippen molar-refractivity contribution < 1.29 is 13.2 Å². The van der Waals surface area contributed by atoms with E-state index >= 15 is 0 Å². The molecule has 2 N–H and O–H groups in total. The number of hydrogen-bond acceptors (Lipinski definition) is 5. The molecule has 146 valence electrons. The Balaban J connectivity index is 1.57. The van der Waals surface area contributed by atoms with E-state index in [0.717, 1.165) is 11.3 Å². The van der Waals surface area contributed by atoms with Gasteiger partial charge in [-0.2, -0.15) is 4.31 Å². The molecule has 1 saturated heterocycles. The van der Waals surface area contributed by atoms with E-state index < -0.39 is 10.0 Å². The number of amides is 1. The van der Waals surface area contributed by atoms with Crippen LogP contribution >= 0.6 is 11.3 Å². The van der Waals surface area contributed by atoms with Gasteiger partial charge in [-0.1, -0.05) is 6.07 Å². The quantitative estimate of drug-likeness (QED) is 0.786. The van der Waals surface area contributed by atoms with Crippen LogP contribution in [0.4, 0.5) is 0 Å². The first-order valence-corrected chi connectivity index (χ1v) is 11.1. The number of hydrogen-bond donors (Lipinski definition) is 2. The van der Waals surface area contributed by atoms with Crippen molar-refractivity contribution in [2.45, 2.75) is 37.4 Å². The third kappa shape index (κ3) is 4.31. The lowest BCUT2D eigenvalue weighted by Crippen LogP contribution is -2.43. The van der Waals surface area contributed by atoms with Gasteiger partial charge < -0.3 is 10.3 Å². The van der Waals surface area contributed by atoms with Crippen LogP contribution in [0, 0.1) is 19.8 Å². The van der Waals surface area contributed by atoms with Gasteiger partial charge in [0, 0.05) is 36.8 Å². The molecule has 0 saturated carbocycles. The largest absolute Gasteiger partial charge is 0.352 e. The Labute approximate surface area is 162 Å². The molecule has 3 heterocycles. The molecule has 0 spiro atoms. The number of aromatic amines is 1. The Bertz CT molecular complexity index is 973. The second kappa shape index (κ2) is 7.95. The number of carbonyl (C=O) groups is 1. The van der Waals surface area contributed by atoms with E-state index in [9.17, 15) is 18.0 Å². The second-order valence-corrected chi connectivity index (χ2v) is 9.88. The molecule has 1 fully saturated rings. The number of H-pyrrole nitrogens is 1. The van der Waals surface area contributed by atoms with Crippen molar-refractivity contribution in [2.75, 3.05) is 13.1 Å². The first kappa shape index (κ1) is 19.8. The molecule has 0 radical (unpaired) electrons. The van der Waals surface area contributed by atoms with Crippen molar-refractivity contribution in [1.82, 2.24) is 14.6 Å². The fraction of sp³-hybridized carbons (Fsp3) is 0.444. The highest BCUT2D eigenvalue weighted by molar-refractivity contribution is 7.91. The molecule has 0 aromatic carbocycles. The number of aromatic nitrogens is 1. The standard InChI is InChI=1S/C18H23N3O4S2/c1-12-10-13(2)20-18(23)15(12)11-19-17(22)14-5-7-21(8-6-14)27(24,25)16-4-3-9-26-16/h3-4,9-10,14H,5-8,11H2,1-2H3,(H,19,22)(H,20,23). The number of nitrogens with zero attached hydrogens (tertiary/aromatic N) is 1. The van der Waals surface area contributed by atoms with Gasteiger partial charge in [-0.15, -0.1) is 11.3 Å². The maximum absolute atomic E-state index is 12.5. The summed E-state index contributed by atoms with van der Waals surface area (Å²) in [7, 11) is -3.46. The van der Waals surface area contributed by atoms with Crippen LogP contribution in [-0.4, -0.2) is 36.7 Å². The summed E-state index contributed by atoms with van der Waals surface area (Å²) in [5, 5.41) is 4.56. The van der Waals surface area contributed by atoms with Gasteiger partial charge in [-0.25, -0.2) is 8.42 Å². The zero-order valence-corrected chi connectivity index (χ0v) is 17.0. The fourth-order valence-corrected chi connectivity index (χ4v) is 5.93. The van der Waals surface area contributed by atoms with Gasteiger partial charge in [0.05, 0.1) is 0 Å². The third-order valence-electron chi connectivity index (χ3n) is 4.85. The molecule has 9 heteroatoms. The van der Waals surface area contributed by atoms with E-state index in [1.807, 2.05) is 19.9 Å². The Morgan fingerprint density at radius 1 is 1.33 bits per heavy atom. The van der Waals surface area contributed by atoms with Crippen molar-refractivity contribution >= 4 is 27.3 Å². The van der Waals surface area contributed by atoms with Crippen LogP contribution in [0.3, 0.4) is 0 Å². The zero-order chi connectivity index (χ0) is 19.6. The number of carbonyl (C=O) groups excluding carboxylic acids is 1. The topological polar surface area (TPSA) is 99.3 Å². The van der Waals surface area contributed by atoms with Gasteiger partial charge in [0.1, 0.15) is 4.21 Å². The van der Waals surface area contributed by atoms with Crippen LogP contribution < -0.4 is 10.9 Å². The predicted octanol–water partition coefficient (Wildman–Crippen LogP) is 1.77. The van der Waals surface area contributed by atoms with Crippen molar-refractivity contribution in [3.8, 4) is 0 Å². The molecule has 0 bridgehead atoms. The molecule has 1 aliphatic rings. The summed E-state index contributed by atoms with van der Waals surface area (Å²) < 4.78 is 26.8. The average molecular weight is 410 g/mol. The van der Waals surface area contributed by atoms with Gasteiger partial charge in [-0.05, 0) is 49.8 Å². The van der Waals surface area contributed by atoms with E-state index in [0.29, 0.717) is 35.7 Å². The summed E-state index contributed by atoms with van der Waals surface area (Å²) in [5.74, 6) is -0.382. The van der Waals surface area contributed by atoms with E-state index in [1.165, 1.54) is 15.6 Å². The molecular formula is C18H23N3O4S2. The second-order valence-electron chi connectivity index (χ2n) is 6.77. The fourth-order valence-electron chi connectivity index (χ4n) is 3.32. The molecule has 1 amide bonds. The number of aryl methyl sites for hydroxylation is 2. The summed E-state index contributed by atoms with van der Waals surface area (Å²) in [6.07, 6.45) is 0.944. The summed E-state index contributed by atoms with van der Waals surface area (Å²) in [4.78, 5) is 27.2. The smallest absolute Gasteiger partial charge is 0.253 e. The minimum absolute atomic E-state index is 0.137. The van der Waals surface area contributed by atoms with E-state index in [4.69, 9.17) is 0 Å². The molecule has 7 nitrogen and oxygen atoms in total. The van der Waals surface area contributed by atoms with E-state index in [-0.39, 0.29) is 23.9 Å². The third-order valence-corrected chi connectivity index (χ3v) is 8.12. The van der Waals surface area contributed by atoms with Crippen LogP contribution in [0.2, 0.25) is 0 Å². The van der Waals surface area contributed by atoms with Crippen molar-refractivity contribution in [3.05, 3.63) is 50.8 Å². The Morgan fingerprint density at radius 3 is 2.63 bits per heavy atom. The highest BCUT2D eigenvalue weighted by Gasteiger charge is 2.32. The minimum atomic E-state index is -3.46. The molecule has 27 heavy (non-hydrogen) atoms. The summed E-state index contributed by atoms with van der Waals surface area (Å²) >= 11 is 1.20. The number of pyridine rings is 1. The molecule has 2 aromatic heterocycles. The highest BCUT2D eigenvalue weighted by atomic mass is 32.2. The Hall–Kier alpha value is -1.97. The number of piperidine rings is 1. The van der Waals surface area contributed by atoms with E-state index in [1.54, 1.807) is 17.5 Å². The molecular weight excluding hydrogens is 386 g/mol. The summed E-state index contributed by atoms with van der Waals surface area (Å²) in [5.41, 5.74) is 1.98. The SMILES string of the molecule is Cc1cc(C)c(CNC(=O)C2CCN(S(=O)(=O)c3cccs3)CC2)c(=O)[nH]1. The highest BCUT2D eigenvalue weighted by Crippen LogP contribution is 2.26. The maximum atomic E-state index is 12.5.